The molecule has 4 N–H and O–H groups in total. The van der Waals surface area contributed by atoms with E-state index in [-0.39, 0.29) is 11.3 Å². The van der Waals surface area contributed by atoms with Gasteiger partial charge in [-0.3, -0.25) is 10.4 Å². The van der Waals surface area contributed by atoms with Gasteiger partial charge in [0.15, 0.2) is 0 Å². The molecule has 0 aromatic rings. The van der Waals surface area contributed by atoms with Gasteiger partial charge in [-0.2, -0.15) is 0 Å². The first-order valence-corrected chi connectivity index (χ1v) is 2.66. The average Bonchev–Trinajstić information content (AvgIpc) is 1.84. The van der Waals surface area contributed by atoms with E-state index in [0.29, 0.717) is 0 Å². The Kier molecular flexibility index (Phi) is 3.67. The Bertz CT molecular complexity index is 78.2. The highest BCUT2D eigenvalue weighted by Crippen LogP contribution is 1.95. The van der Waals surface area contributed by atoms with Crippen LogP contribution < -0.4 is 5.48 Å². The molecule has 0 saturated carbocycles. The van der Waals surface area contributed by atoms with Crippen molar-refractivity contribution in [2.45, 2.75) is 25.9 Å². The van der Waals surface area contributed by atoms with E-state index in [1.807, 2.05) is 5.48 Å². The molecule has 0 aromatic carbocycles. The van der Waals surface area contributed by atoms with Crippen LogP contribution in [0.1, 0.15) is 13.8 Å². The summed E-state index contributed by atoms with van der Waals surface area (Å²) in [6.07, 6.45) is 0. The summed E-state index contributed by atoms with van der Waals surface area (Å²) < 4.78 is 0. The highest BCUT2D eigenvalue weighted by Gasteiger charge is 2.15. The average molecular weight is 136 g/mol. The van der Waals surface area contributed by atoms with Crippen molar-refractivity contribution in [2.24, 2.45) is 0 Å². The van der Waals surface area contributed by atoms with Gasteiger partial charge in [0, 0.05) is 6.04 Å². The first-order chi connectivity index (χ1) is 4.09. The van der Waals surface area contributed by atoms with Crippen LogP contribution >= 0.6 is 0 Å². The third-order valence-corrected chi connectivity index (χ3v) is 1.29. The molecule has 0 rings (SSSR count). The van der Waals surface area contributed by atoms with Crippen LogP contribution in [0.2, 0.25) is 0 Å². The summed E-state index contributed by atoms with van der Waals surface area (Å²) >= 11 is 0. The highest BCUT2D eigenvalue weighted by molar-refractivity contribution is 4.65. The van der Waals surface area contributed by atoms with Gasteiger partial charge >= 0.3 is 0 Å². The summed E-state index contributed by atoms with van der Waals surface area (Å²) in [4.78, 5) is 0. The van der Waals surface area contributed by atoms with Crippen molar-refractivity contribution < 1.29 is 15.6 Å². The molecule has 0 bridgehead atoms. The second-order valence-corrected chi connectivity index (χ2v) is 1.98. The normalized spacial score (nSPS) is 18.0. The lowest BCUT2D eigenvalue weighted by Crippen LogP contribution is -2.42. The lowest BCUT2D eigenvalue weighted by atomic mass is 10.2. The van der Waals surface area contributed by atoms with Crippen LogP contribution in [-0.2, 0) is 0 Å². The van der Waals surface area contributed by atoms with E-state index < -0.39 is 6.04 Å². The monoisotopic (exact) mass is 136 g/mol. The standard InChI is InChI=1S/C4H12N2O3/c1-3(5-7)4(2)6(8)9/h3-5,7-9H,1-2H3. The Morgan fingerprint density at radius 3 is 1.89 bits per heavy atom. The van der Waals surface area contributed by atoms with Crippen LogP contribution in [0.4, 0.5) is 0 Å². The summed E-state index contributed by atoms with van der Waals surface area (Å²) in [5.74, 6) is 0. The van der Waals surface area contributed by atoms with E-state index >= 15 is 0 Å². The Labute approximate surface area is 53.4 Å². The first-order valence-electron chi connectivity index (χ1n) is 2.66. The van der Waals surface area contributed by atoms with E-state index in [1.54, 1.807) is 13.8 Å². The summed E-state index contributed by atoms with van der Waals surface area (Å²) in [5, 5.41) is 25.0. The van der Waals surface area contributed by atoms with E-state index in [4.69, 9.17) is 15.6 Å². The fourth-order valence-corrected chi connectivity index (χ4v) is 0.308. The minimum Gasteiger partial charge on any atom is -0.316 e. The van der Waals surface area contributed by atoms with Crippen LogP contribution in [0, 0.1) is 0 Å². The van der Waals surface area contributed by atoms with Crippen LogP contribution in [0.25, 0.3) is 0 Å². The zero-order valence-electron chi connectivity index (χ0n) is 5.44. The maximum Gasteiger partial charge on any atom is 0.0768 e. The largest absolute Gasteiger partial charge is 0.316 e. The number of hydrogen-bond donors (Lipinski definition) is 4. The molecule has 2 atom stereocenters. The molecule has 5 nitrogen and oxygen atoms in total. The second kappa shape index (κ2) is 3.76. The van der Waals surface area contributed by atoms with Gasteiger partial charge in [-0.15, -0.1) is 0 Å². The van der Waals surface area contributed by atoms with Gasteiger partial charge in [0.1, 0.15) is 0 Å². The summed E-state index contributed by atoms with van der Waals surface area (Å²) in [7, 11) is 0. The van der Waals surface area contributed by atoms with E-state index in [2.05, 4.69) is 0 Å². The van der Waals surface area contributed by atoms with Crippen molar-refractivity contribution in [3.05, 3.63) is 0 Å². The number of hydrogen-bond acceptors (Lipinski definition) is 5. The summed E-state index contributed by atoms with van der Waals surface area (Å²) in [6, 6.07) is -0.907. The minimum absolute atomic E-state index is 0.0495. The lowest BCUT2D eigenvalue weighted by molar-refractivity contribution is -0.333. The zero-order valence-corrected chi connectivity index (χ0v) is 5.44. The van der Waals surface area contributed by atoms with Gasteiger partial charge in [-0.1, -0.05) is 5.23 Å². The van der Waals surface area contributed by atoms with E-state index in [9.17, 15) is 0 Å². The van der Waals surface area contributed by atoms with Crippen molar-refractivity contribution >= 4 is 0 Å². The molecule has 2 unspecified atom stereocenters. The van der Waals surface area contributed by atoms with Crippen LogP contribution in [-0.4, -0.2) is 32.9 Å². The Balaban J connectivity index is 3.58. The molecule has 56 valence electrons. The molecule has 0 aromatic heterocycles. The third-order valence-electron chi connectivity index (χ3n) is 1.29. The predicted octanol–water partition coefficient (Wildman–Crippen LogP) is -0.177. The number of nitrogens with zero attached hydrogens (tertiary/aromatic N) is 1. The fourth-order valence-electron chi connectivity index (χ4n) is 0.308. The molecule has 5 heteroatoms. The van der Waals surface area contributed by atoms with Gasteiger partial charge in [0.05, 0.1) is 6.04 Å². The van der Waals surface area contributed by atoms with Crippen molar-refractivity contribution in [2.75, 3.05) is 0 Å². The molecule has 0 aliphatic rings. The molecule has 0 aliphatic carbocycles. The predicted molar refractivity (Wildman–Crippen MR) is 29.3 cm³/mol. The molecule has 0 amide bonds. The maximum absolute atomic E-state index is 8.36. The minimum atomic E-state index is -0.532. The SMILES string of the molecule is CC(NO)C(C)N(O)O. The van der Waals surface area contributed by atoms with Crippen molar-refractivity contribution in [1.82, 2.24) is 10.7 Å². The smallest absolute Gasteiger partial charge is 0.0768 e. The molecule has 0 saturated heterocycles. The quantitative estimate of drug-likeness (QED) is 0.405. The number of hydroxylamine groups is 3. The van der Waals surface area contributed by atoms with Crippen molar-refractivity contribution in [3.63, 3.8) is 0 Å². The fraction of sp³-hybridized carbons (Fsp3) is 1.00. The lowest BCUT2D eigenvalue weighted by Gasteiger charge is -2.20. The Hall–Kier alpha value is -0.200. The topological polar surface area (TPSA) is 76.0 Å². The van der Waals surface area contributed by atoms with Crippen molar-refractivity contribution in [1.29, 1.82) is 0 Å². The first kappa shape index (κ1) is 8.80. The van der Waals surface area contributed by atoms with Crippen molar-refractivity contribution in [3.8, 4) is 0 Å². The molecular formula is C4H12N2O3. The van der Waals surface area contributed by atoms with Gasteiger partial charge < -0.3 is 5.21 Å². The van der Waals surface area contributed by atoms with Crippen LogP contribution in [0.3, 0.4) is 0 Å². The second-order valence-electron chi connectivity index (χ2n) is 1.98. The van der Waals surface area contributed by atoms with Gasteiger partial charge in [0.2, 0.25) is 0 Å². The van der Waals surface area contributed by atoms with E-state index in [0.717, 1.165) is 0 Å². The Morgan fingerprint density at radius 1 is 1.33 bits per heavy atom. The molecule has 0 aliphatic heterocycles. The van der Waals surface area contributed by atoms with Crippen LogP contribution in [0.15, 0.2) is 0 Å². The molecule has 0 spiro atoms. The summed E-state index contributed by atoms with van der Waals surface area (Å²) in [5.41, 5.74) is 1.88. The van der Waals surface area contributed by atoms with Gasteiger partial charge in [-0.25, -0.2) is 5.48 Å². The number of nitrogens with one attached hydrogen (secondary N) is 1. The molecule has 9 heavy (non-hydrogen) atoms. The zero-order chi connectivity index (χ0) is 7.44. The van der Waals surface area contributed by atoms with Crippen LogP contribution in [0.5, 0.6) is 0 Å². The highest BCUT2D eigenvalue weighted by atomic mass is 16.8. The molecule has 0 heterocycles. The third kappa shape index (κ3) is 2.73. The van der Waals surface area contributed by atoms with Gasteiger partial charge in [-0.05, 0) is 13.8 Å². The maximum atomic E-state index is 8.36. The Morgan fingerprint density at radius 2 is 1.78 bits per heavy atom. The van der Waals surface area contributed by atoms with E-state index in [1.165, 1.54) is 0 Å². The molecule has 0 fully saturated rings. The number of rotatable bonds is 3. The summed E-state index contributed by atoms with van der Waals surface area (Å²) in [6.45, 7) is 3.16. The molecular weight excluding hydrogens is 124 g/mol. The molecule has 0 radical (unpaired) electrons. The van der Waals surface area contributed by atoms with Gasteiger partial charge in [0.25, 0.3) is 0 Å².